The summed E-state index contributed by atoms with van der Waals surface area (Å²) in [5.41, 5.74) is 2.21. The van der Waals surface area contributed by atoms with Crippen LogP contribution < -0.4 is 11.3 Å². The SMILES string of the molecule is NNc1nccc(C(=O)N2CCCN3CCCC3C2)c1F. The third-order valence-corrected chi connectivity index (χ3v) is 4.35. The van der Waals surface area contributed by atoms with E-state index in [0.717, 1.165) is 25.9 Å². The zero-order valence-electron chi connectivity index (χ0n) is 11.9. The first-order chi connectivity index (χ1) is 10.2. The van der Waals surface area contributed by atoms with Crippen molar-refractivity contribution in [1.29, 1.82) is 0 Å². The molecule has 3 N–H and O–H groups in total. The largest absolute Gasteiger partial charge is 0.337 e. The van der Waals surface area contributed by atoms with Gasteiger partial charge in [-0.2, -0.15) is 0 Å². The standard InChI is InChI=1S/C14H20FN5O/c15-12-11(4-5-17-13(12)18-16)14(21)20-8-2-7-19-6-1-3-10(19)9-20/h4-5,10H,1-3,6-9,16H2,(H,17,18). The highest BCUT2D eigenvalue weighted by Gasteiger charge is 2.31. The lowest BCUT2D eigenvalue weighted by molar-refractivity contribution is 0.0738. The molecule has 0 radical (unpaired) electrons. The maximum absolute atomic E-state index is 14.2. The number of carbonyl (C=O) groups excluding carboxylic acids is 1. The van der Waals surface area contributed by atoms with Crippen LogP contribution in [0.4, 0.5) is 10.2 Å². The van der Waals surface area contributed by atoms with Gasteiger partial charge in [0.2, 0.25) is 0 Å². The monoisotopic (exact) mass is 293 g/mol. The highest BCUT2D eigenvalue weighted by atomic mass is 19.1. The molecule has 1 aromatic rings. The van der Waals surface area contributed by atoms with E-state index in [-0.39, 0.29) is 17.3 Å². The summed E-state index contributed by atoms with van der Waals surface area (Å²) in [4.78, 5) is 20.6. The van der Waals surface area contributed by atoms with E-state index in [1.54, 1.807) is 4.90 Å². The molecular weight excluding hydrogens is 273 g/mol. The number of rotatable bonds is 2. The van der Waals surface area contributed by atoms with E-state index in [1.165, 1.54) is 18.7 Å². The fourth-order valence-corrected chi connectivity index (χ4v) is 3.27. The predicted molar refractivity (Wildman–Crippen MR) is 77.1 cm³/mol. The van der Waals surface area contributed by atoms with E-state index in [4.69, 9.17) is 5.84 Å². The molecule has 1 unspecified atom stereocenters. The zero-order chi connectivity index (χ0) is 14.8. The number of anilines is 1. The molecule has 1 atom stereocenters. The number of nitrogen functional groups attached to an aromatic ring is 1. The molecular formula is C14H20FN5O. The summed E-state index contributed by atoms with van der Waals surface area (Å²) in [7, 11) is 0. The van der Waals surface area contributed by atoms with Gasteiger partial charge in [-0.15, -0.1) is 0 Å². The number of pyridine rings is 1. The van der Waals surface area contributed by atoms with Crippen LogP contribution in [0.2, 0.25) is 0 Å². The number of nitrogens with zero attached hydrogens (tertiary/aromatic N) is 3. The number of amides is 1. The van der Waals surface area contributed by atoms with Gasteiger partial charge in [0.05, 0.1) is 5.56 Å². The number of hydrogen-bond acceptors (Lipinski definition) is 5. The Morgan fingerprint density at radius 2 is 2.19 bits per heavy atom. The Kier molecular flexibility index (Phi) is 4.03. The van der Waals surface area contributed by atoms with Crippen molar-refractivity contribution in [2.24, 2.45) is 5.84 Å². The normalized spacial score (nSPS) is 22.8. The number of hydrazine groups is 1. The third-order valence-electron chi connectivity index (χ3n) is 4.35. The number of hydrogen-bond donors (Lipinski definition) is 2. The molecule has 0 saturated carbocycles. The van der Waals surface area contributed by atoms with Crippen LogP contribution in [0, 0.1) is 5.82 Å². The smallest absolute Gasteiger partial charge is 0.257 e. The second-order valence-corrected chi connectivity index (χ2v) is 5.60. The van der Waals surface area contributed by atoms with Crippen molar-refractivity contribution in [3.8, 4) is 0 Å². The molecule has 3 heterocycles. The highest BCUT2D eigenvalue weighted by Crippen LogP contribution is 2.23. The van der Waals surface area contributed by atoms with Gasteiger partial charge >= 0.3 is 0 Å². The summed E-state index contributed by atoms with van der Waals surface area (Å²) in [6.45, 7) is 3.46. The molecule has 3 rings (SSSR count). The Bertz CT molecular complexity index is 538. The van der Waals surface area contributed by atoms with Crippen molar-refractivity contribution >= 4 is 11.7 Å². The molecule has 7 heteroatoms. The average molecular weight is 293 g/mol. The summed E-state index contributed by atoms with van der Waals surface area (Å²) in [6, 6.07) is 1.82. The van der Waals surface area contributed by atoms with Crippen LogP contribution in [0.25, 0.3) is 0 Å². The topological polar surface area (TPSA) is 74.5 Å². The number of fused-ring (bicyclic) bond motifs is 1. The number of aromatic nitrogens is 1. The van der Waals surface area contributed by atoms with E-state index in [9.17, 15) is 9.18 Å². The van der Waals surface area contributed by atoms with Crippen LogP contribution in [-0.4, -0.2) is 52.9 Å². The molecule has 2 aliphatic rings. The van der Waals surface area contributed by atoms with Gasteiger partial charge in [0, 0.05) is 31.9 Å². The maximum atomic E-state index is 14.2. The Hall–Kier alpha value is -1.73. The Morgan fingerprint density at radius 3 is 3.00 bits per heavy atom. The lowest BCUT2D eigenvalue weighted by Gasteiger charge is -2.26. The van der Waals surface area contributed by atoms with E-state index in [2.05, 4.69) is 15.3 Å². The van der Waals surface area contributed by atoms with Crippen LogP contribution in [0.3, 0.4) is 0 Å². The molecule has 2 fully saturated rings. The molecule has 21 heavy (non-hydrogen) atoms. The van der Waals surface area contributed by atoms with Crippen molar-refractivity contribution in [3.63, 3.8) is 0 Å². The Morgan fingerprint density at radius 1 is 1.38 bits per heavy atom. The summed E-state index contributed by atoms with van der Waals surface area (Å²) >= 11 is 0. The lowest BCUT2D eigenvalue weighted by Crippen LogP contribution is -2.40. The molecule has 0 aliphatic carbocycles. The predicted octanol–water partition coefficient (Wildman–Crippen LogP) is 0.817. The molecule has 1 aromatic heterocycles. The summed E-state index contributed by atoms with van der Waals surface area (Å²) in [5, 5.41) is 0. The van der Waals surface area contributed by atoms with Crippen LogP contribution in [0.5, 0.6) is 0 Å². The van der Waals surface area contributed by atoms with Crippen LogP contribution in [-0.2, 0) is 0 Å². The van der Waals surface area contributed by atoms with Gasteiger partial charge in [0.1, 0.15) is 0 Å². The second-order valence-electron chi connectivity index (χ2n) is 5.60. The van der Waals surface area contributed by atoms with Crippen LogP contribution in [0.15, 0.2) is 12.3 Å². The molecule has 2 saturated heterocycles. The highest BCUT2D eigenvalue weighted by molar-refractivity contribution is 5.95. The fraction of sp³-hybridized carbons (Fsp3) is 0.571. The summed E-state index contributed by atoms with van der Waals surface area (Å²) < 4.78 is 14.2. The molecule has 1 amide bonds. The Balaban J connectivity index is 1.81. The molecule has 2 aliphatic heterocycles. The van der Waals surface area contributed by atoms with Gasteiger partial charge in [-0.05, 0) is 31.9 Å². The first-order valence-corrected chi connectivity index (χ1v) is 7.35. The van der Waals surface area contributed by atoms with Crippen molar-refractivity contribution in [2.45, 2.75) is 25.3 Å². The zero-order valence-corrected chi connectivity index (χ0v) is 11.9. The number of nitrogens with one attached hydrogen (secondary N) is 1. The summed E-state index contributed by atoms with van der Waals surface area (Å²) in [5.74, 6) is 4.15. The third kappa shape index (κ3) is 2.71. The first-order valence-electron chi connectivity index (χ1n) is 7.35. The second kappa shape index (κ2) is 5.95. The minimum absolute atomic E-state index is 0.0318. The van der Waals surface area contributed by atoms with Gasteiger partial charge in [-0.25, -0.2) is 15.2 Å². The van der Waals surface area contributed by atoms with E-state index in [0.29, 0.717) is 19.1 Å². The number of nitrogens with two attached hydrogens (primary N) is 1. The van der Waals surface area contributed by atoms with Crippen molar-refractivity contribution in [3.05, 3.63) is 23.6 Å². The first kappa shape index (κ1) is 14.2. The van der Waals surface area contributed by atoms with Gasteiger partial charge < -0.3 is 10.3 Å². The molecule has 0 spiro atoms. The molecule has 0 bridgehead atoms. The van der Waals surface area contributed by atoms with Gasteiger partial charge in [-0.3, -0.25) is 9.69 Å². The van der Waals surface area contributed by atoms with E-state index < -0.39 is 5.82 Å². The van der Waals surface area contributed by atoms with Crippen LogP contribution >= 0.6 is 0 Å². The molecule has 6 nitrogen and oxygen atoms in total. The average Bonchev–Trinajstić information content (AvgIpc) is 2.84. The lowest BCUT2D eigenvalue weighted by atomic mass is 10.1. The van der Waals surface area contributed by atoms with Crippen molar-refractivity contribution in [1.82, 2.24) is 14.8 Å². The van der Waals surface area contributed by atoms with Crippen molar-refractivity contribution < 1.29 is 9.18 Å². The van der Waals surface area contributed by atoms with E-state index >= 15 is 0 Å². The number of halogens is 1. The minimum atomic E-state index is -0.683. The van der Waals surface area contributed by atoms with Crippen molar-refractivity contribution in [2.75, 3.05) is 31.6 Å². The summed E-state index contributed by atoms with van der Waals surface area (Å²) in [6.07, 6.45) is 4.61. The van der Waals surface area contributed by atoms with Crippen LogP contribution in [0.1, 0.15) is 29.6 Å². The minimum Gasteiger partial charge on any atom is -0.337 e. The van der Waals surface area contributed by atoms with Gasteiger partial charge in [0.25, 0.3) is 5.91 Å². The molecule has 0 aromatic carbocycles. The number of carbonyl (C=O) groups is 1. The molecule has 114 valence electrons. The van der Waals surface area contributed by atoms with Gasteiger partial charge in [0.15, 0.2) is 11.6 Å². The Labute approximate surface area is 123 Å². The quantitative estimate of drug-likeness (QED) is 0.624. The van der Waals surface area contributed by atoms with E-state index in [1.807, 2.05) is 0 Å². The fourth-order valence-electron chi connectivity index (χ4n) is 3.27. The van der Waals surface area contributed by atoms with Gasteiger partial charge in [-0.1, -0.05) is 0 Å². The maximum Gasteiger partial charge on any atom is 0.257 e.